The van der Waals surface area contributed by atoms with Gasteiger partial charge in [0, 0.05) is 5.54 Å². The van der Waals surface area contributed by atoms with Crippen LogP contribution in [0.15, 0.2) is 18.2 Å². The first-order valence-corrected chi connectivity index (χ1v) is 6.80. The fourth-order valence-electron chi connectivity index (χ4n) is 3.25. The van der Waals surface area contributed by atoms with Gasteiger partial charge in [0.1, 0.15) is 5.82 Å². The summed E-state index contributed by atoms with van der Waals surface area (Å²) in [4.78, 5) is 15.6. The highest BCUT2D eigenvalue weighted by Crippen LogP contribution is 2.44. The van der Waals surface area contributed by atoms with Gasteiger partial charge in [0.15, 0.2) is 0 Å². The minimum Gasteiger partial charge on any atom is -0.478 e. The maximum atomic E-state index is 11.0. The summed E-state index contributed by atoms with van der Waals surface area (Å²) < 4.78 is 2.32. The fourth-order valence-corrected chi connectivity index (χ4v) is 3.25. The molecule has 1 aliphatic rings. The van der Waals surface area contributed by atoms with Gasteiger partial charge in [0.05, 0.1) is 16.6 Å². The van der Waals surface area contributed by atoms with Crippen LogP contribution in [0.4, 0.5) is 0 Å². The standard InChI is InChI=1S/C15H18N2O2/c1-3-15(7-4-8-15)17-10(2)16-12-9-11(14(18)19)5-6-13(12)17/h5-6,9H,3-4,7-8H2,1-2H3,(H,18,19). The Hall–Kier alpha value is -1.84. The first kappa shape index (κ1) is 12.2. The molecule has 0 aliphatic heterocycles. The van der Waals surface area contributed by atoms with Crippen LogP contribution >= 0.6 is 0 Å². The van der Waals surface area contributed by atoms with E-state index >= 15 is 0 Å². The number of hydrogen-bond donors (Lipinski definition) is 1. The highest BCUT2D eigenvalue weighted by molar-refractivity contribution is 5.92. The van der Waals surface area contributed by atoms with E-state index in [0.717, 1.165) is 23.3 Å². The monoisotopic (exact) mass is 258 g/mol. The van der Waals surface area contributed by atoms with Gasteiger partial charge in [-0.1, -0.05) is 6.92 Å². The second-order valence-electron chi connectivity index (χ2n) is 5.43. The van der Waals surface area contributed by atoms with Crippen LogP contribution in [0.1, 0.15) is 48.8 Å². The van der Waals surface area contributed by atoms with Gasteiger partial charge in [-0.3, -0.25) is 0 Å². The van der Waals surface area contributed by atoms with Crippen molar-refractivity contribution in [2.45, 2.75) is 45.1 Å². The van der Waals surface area contributed by atoms with E-state index in [1.165, 1.54) is 19.3 Å². The van der Waals surface area contributed by atoms with E-state index in [2.05, 4.69) is 16.5 Å². The van der Waals surface area contributed by atoms with Crippen molar-refractivity contribution in [1.82, 2.24) is 9.55 Å². The summed E-state index contributed by atoms with van der Waals surface area (Å²) in [6, 6.07) is 5.24. The van der Waals surface area contributed by atoms with Crippen LogP contribution in [-0.4, -0.2) is 20.6 Å². The molecule has 4 nitrogen and oxygen atoms in total. The molecule has 1 aromatic carbocycles. The van der Waals surface area contributed by atoms with Gasteiger partial charge in [-0.2, -0.15) is 0 Å². The van der Waals surface area contributed by atoms with Crippen molar-refractivity contribution in [3.8, 4) is 0 Å². The lowest BCUT2D eigenvalue weighted by molar-refractivity contribution is 0.0697. The number of aromatic carboxylic acids is 1. The third-order valence-corrected chi connectivity index (χ3v) is 4.49. The van der Waals surface area contributed by atoms with Gasteiger partial charge >= 0.3 is 5.97 Å². The Morgan fingerprint density at radius 2 is 2.21 bits per heavy atom. The van der Waals surface area contributed by atoms with Gasteiger partial charge in [-0.05, 0) is 50.8 Å². The molecule has 0 atom stereocenters. The van der Waals surface area contributed by atoms with E-state index in [-0.39, 0.29) is 5.54 Å². The number of carboxylic acid groups (broad SMARTS) is 1. The molecule has 0 radical (unpaired) electrons. The molecule has 1 N–H and O–H groups in total. The lowest BCUT2D eigenvalue weighted by Gasteiger charge is -2.43. The molecule has 0 saturated heterocycles. The van der Waals surface area contributed by atoms with Crippen LogP contribution < -0.4 is 0 Å². The predicted octanol–water partition coefficient (Wildman–Crippen LogP) is 3.33. The van der Waals surface area contributed by atoms with E-state index in [1.807, 2.05) is 13.0 Å². The van der Waals surface area contributed by atoms with Crippen LogP contribution in [0.5, 0.6) is 0 Å². The third kappa shape index (κ3) is 1.66. The second-order valence-corrected chi connectivity index (χ2v) is 5.43. The van der Waals surface area contributed by atoms with Crippen molar-refractivity contribution in [2.24, 2.45) is 0 Å². The van der Waals surface area contributed by atoms with Gasteiger partial charge < -0.3 is 9.67 Å². The molecule has 0 bridgehead atoms. The highest BCUT2D eigenvalue weighted by Gasteiger charge is 2.38. The molecule has 1 aliphatic carbocycles. The van der Waals surface area contributed by atoms with Crippen molar-refractivity contribution in [3.05, 3.63) is 29.6 Å². The van der Waals surface area contributed by atoms with Crippen LogP contribution in [-0.2, 0) is 5.54 Å². The third-order valence-electron chi connectivity index (χ3n) is 4.49. The number of rotatable bonds is 3. The number of nitrogens with zero attached hydrogens (tertiary/aromatic N) is 2. The molecule has 0 spiro atoms. The van der Waals surface area contributed by atoms with Crippen LogP contribution in [0, 0.1) is 6.92 Å². The van der Waals surface area contributed by atoms with Crippen LogP contribution in [0.25, 0.3) is 11.0 Å². The van der Waals surface area contributed by atoms with E-state index in [4.69, 9.17) is 5.11 Å². The number of hydrogen-bond acceptors (Lipinski definition) is 2. The molecule has 4 heteroatoms. The second kappa shape index (κ2) is 4.08. The zero-order valence-corrected chi connectivity index (χ0v) is 11.3. The number of fused-ring (bicyclic) bond motifs is 1. The summed E-state index contributed by atoms with van der Waals surface area (Å²) in [5, 5.41) is 9.05. The summed E-state index contributed by atoms with van der Waals surface area (Å²) in [6.45, 7) is 4.23. The lowest BCUT2D eigenvalue weighted by atomic mass is 9.74. The molecule has 0 unspecified atom stereocenters. The Balaban J connectivity index is 2.20. The Morgan fingerprint density at radius 3 is 2.74 bits per heavy atom. The summed E-state index contributed by atoms with van der Waals surface area (Å²) in [7, 11) is 0. The van der Waals surface area contributed by atoms with Crippen LogP contribution in [0.3, 0.4) is 0 Å². The summed E-state index contributed by atoms with van der Waals surface area (Å²) in [5.74, 6) is 0.0852. The molecule has 1 heterocycles. The number of aryl methyl sites for hydroxylation is 1. The van der Waals surface area contributed by atoms with E-state index in [9.17, 15) is 4.79 Å². The molecule has 1 fully saturated rings. The van der Waals surface area contributed by atoms with Crippen molar-refractivity contribution < 1.29 is 9.90 Å². The number of carbonyl (C=O) groups is 1. The molecule has 2 aromatic rings. The van der Waals surface area contributed by atoms with Crippen molar-refractivity contribution >= 4 is 17.0 Å². The largest absolute Gasteiger partial charge is 0.478 e. The smallest absolute Gasteiger partial charge is 0.335 e. The average molecular weight is 258 g/mol. The zero-order chi connectivity index (χ0) is 13.6. The lowest BCUT2D eigenvalue weighted by Crippen LogP contribution is -2.40. The molecule has 100 valence electrons. The molecule has 3 rings (SSSR count). The first-order valence-electron chi connectivity index (χ1n) is 6.80. The Kier molecular flexibility index (Phi) is 2.62. The number of aromatic nitrogens is 2. The summed E-state index contributed by atoms with van der Waals surface area (Å²) >= 11 is 0. The minimum absolute atomic E-state index is 0.198. The van der Waals surface area contributed by atoms with E-state index < -0.39 is 5.97 Å². The minimum atomic E-state index is -0.900. The average Bonchev–Trinajstić information content (AvgIpc) is 2.65. The van der Waals surface area contributed by atoms with Gasteiger partial charge in [-0.15, -0.1) is 0 Å². The highest BCUT2D eigenvalue weighted by atomic mass is 16.4. The SMILES string of the molecule is CCC1(n2c(C)nc3cc(C(=O)O)ccc32)CCC1. The molecular weight excluding hydrogens is 240 g/mol. The zero-order valence-electron chi connectivity index (χ0n) is 11.3. The van der Waals surface area contributed by atoms with Crippen molar-refractivity contribution in [1.29, 1.82) is 0 Å². The van der Waals surface area contributed by atoms with Gasteiger partial charge in [0.25, 0.3) is 0 Å². The topological polar surface area (TPSA) is 55.1 Å². The molecule has 0 amide bonds. The number of benzene rings is 1. The van der Waals surface area contributed by atoms with E-state index in [0.29, 0.717) is 5.56 Å². The first-order chi connectivity index (χ1) is 9.07. The molecule has 1 aromatic heterocycles. The summed E-state index contributed by atoms with van der Waals surface area (Å²) in [5.41, 5.74) is 2.35. The van der Waals surface area contributed by atoms with Crippen molar-refractivity contribution in [2.75, 3.05) is 0 Å². The van der Waals surface area contributed by atoms with Gasteiger partial charge in [-0.25, -0.2) is 9.78 Å². The Bertz CT molecular complexity index is 648. The predicted molar refractivity (Wildman–Crippen MR) is 73.5 cm³/mol. The number of carboxylic acids is 1. The fraction of sp³-hybridized carbons (Fsp3) is 0.467. The molecule has 1 saturated carbocycles. The Labute approximate surface area is 112 Å². The molecule has 19 heavy (non-hydrogen) atoms. The normalized spacial score (nSPS) is 17.4. The van der Waals surface area contributed by atoms with Crippen LogP contribution in [0.2, 0.25) is 0 Å². The van der Waals surface area contributed by atoms with Gasteiger partial charge in [0.2, 0.25) is 0 Å². The quantitative estimate of drug-likeness (QED) is 0.918. The van der Waals surface area contributed by atoms with Crippen molar-refractivity contribution in [3.63, 3.8) is 0 Å². The Morgan fingerprint density at radius 1 is 1.47 bits per heavy atom. The maximum Gasteiger partial charge on any atom is 0.335 e. The maximum absolute atomic E-state index is 11.0. The van der Waals surface area contributed by atoms with E-state index in [1.54, 1.807) is 12.1 Å². The summed E-state index contributed by atoms with van der Waals surface area (Å²) in [6.07, 6.45) is 4.74. The number of imidazole rings is 1. The molecular formula is C15H18N2O2.